The average molecular weight is 412 g/mol. The predicted octanol–water partition coefficient (Wildman–Crippen LogP) is 2.20. The van der Waals surface area contributed by atoms with E-state index in [4.69, 9.17) is 10.5 Å². The Balaban J connectivity index is 1.79. The summed E-state index contributed by atoms with van der Waals surface area (Å²) in [5.74, 6) is -1.31. The first-order valence-corrected chi connectivity index (χ1v) is 10.2. The molecule has 1 saturated heterocycles. The lowest BCUT2D eigenvalue weighted by Gasteiger charge is -2.17. The molecular weight excluding hydrogens is 384 g/mol. The molecule has 1 aliphatic rings. The Morgan fingerprint density at radius 3 is 2.50 bits per heavy atom. The van der Waals surface area contributed by atoms with Gasteiger partial charge in [0.2, 0.25) is 5.91 Å². The van der Waals surface area contributed by atoms with Crippen LogP contribution in [0.1, 0.15) is 59.7 Å². The number of aromatic nitrogens is 2. The second-order valence-electron chi connectivity index (χ2n) is 7.88. The summed E-state index contributed by atoms with van der Waals surface area (Å²) in [6, 6.07) is 10.4. The van der Waals surface area contributed by atoms with Crippen molar-refractivity contribution in [1.82, 2.24) is 14.7 Å². The highest BCUT2D eigenvalue weighted by molar-refractivity contribution is 5.93. The minimum atomic E-state index is -0.600. The summed E-state index contributed by atoms with van der Waals surface area (Å²) in [6.45, 7) is 7.04. The summed E-state index contributed by atoms with van der Waals surface area (Å²) >= 11 is 0. The highest BCUT2D eigenvalue weighted by Gasteiger charge is 2.39. The molecule has 2 aromatic rings. The van der Waals surface area contributed by atoms with E-state index in [-0.39, 0.29) is 30.7 Å². The molecule has 0 saturated carbocycles. The normalized spacial score (nSPS) is 18.6. The fraction of sp³-hybridized carbons (Fsp3) is 0.455. The molecule has 1 aromatic heterocycles. The number of benzene rings is 1. The quantitative estimate of drug-likeness (QED) is 0.702. The highest BCUT2D eigenvalue weighted by Crippen LogP contribution is 2.26. The van der Waals surface area contributed by atoms with Crippen LogP contribution in [0.2, 0.25) is 0 Å². The molecule has 0 radical (unpaired) electrons. The van der Waals surface area contributed by atoms with Gasteiger partial charge in [-0.15, -0.1) is 0 Å². The third kappa shape index (κ3) is 4.69. The van der Waals surface area contributed by atoms with E-state index >= 15 is 0 Å². The number of likely N-dealkylation sites (tertiary alicyclic amines) is 1. The van der Waals surface area contributed by atoms with Crippen molar-refractivity contribution in [3.63, 3.8) is 0 Å². The zero-order valence-corrected chi connectivity index (χ0v) is 17.6. The Labute approximate surface area is 176 Å². The molecule has 2 heterocycles. The van der Waals surface area contributed by atoms with Crippen LogP contribution in [0.15, 0.2) is 36.4 Å². The Bertz CT molecular complexity index is 922. The predicted molar refractivity (Wildman–Crippen MR) is 111 cm³/mol. The number of carbonyl (C=O) groups is 3. The molecule has 0 bridgehead atoms. The molecule has 2 atom stereocenters. The summed E-state index contributed by atoms with van der Waals surface area (Å²) < 4.78 is 7.35. The number of nitrogens with two attached hydrogens (primary N) is 1. The van der Waals surface area contributed by atoms with Crippen LogP contribution in [-0.2, 0) is 16.1 Å². The van der Waals surface area contributed by atoms with Crippen molar-refractivity contribution in [3.05, 3.63) is 53.3 Å². The van der Waals surface area contributed by atoms with Gasteiger partial charge in [-0.05, 0) is 31.0 Å². The first kappa shape index (κ1) is 21.5. The van der Waals surface area contributed by atoms with E-state index in [2.05, 4.69) is 5.10 Å². The van der Waals surface area contributed by atoms with Crippen molar-refractivity contribution >= 4 is 17.8 Å². The van der Waals surface area contributed by atoms with Crippen molar-refractivity contribution in [2.75, 3.05) is 13.1 Å². The van der Waals surface area contributed by atoms with Gasteiger partial charge in [0.15, 0.2) is 0 Å². The molecule has 3 rings (SSSR count). The second-order valence-corrected chi connectivity index (χ2v) is 7.88. The Kier molecular flexibility index (Phi) is 6.54. The fourth-order valence-corrected chi connectivity index (χ4v) is 3.67. The van der Waals surface area contributed by atoms with Crippen molar-refractivity contribution < 1.29 is 19.1 Å². The molecular formula is C22H28N4O4. The van der Waals surface area contributed by atoms with Crippen LogP contribution in [0.5, 0.6) is 0 Å². The van der Waals surface area contributed by atoms with Gasteiger partial charge in [-0.25, -0.2) is 4.79 Å². The van der Waals surface area contributed by atoms with Crippen LogP contribution < -0.4 is 5.73 Å². The molecule has 160 valence electrons. The summed E-state index contributed by atoms with van der Waals surface area (Å²) in [5, 5.41) is 4.50. The van der Waals surface area contributed by atoms with E-state index in [1.54, 1.807) is 33.8 Å². The number of hydrogen-bond acceptors (Lipinski definition) is 5. The van der Waals surface area contributed by atoms with Gasteiger partial charge >= 0.3 is 5.97 Å². The van der Waals surface area contributed by atoms with E-state index in [9.17, 15) is 14.4 Å². The number of hydrogen-bond donors (Lipinski definition) is 1. The van der Waals surface area contributed by atoms with Crippen LogP contribution in [0, 0.1) is 5.92 Å². The third-order valence-electron chi connectivity index (χ3n) is 5.31. The summed E-state index contributed by atoms with van der Waals surface area (Å²) in [6.07, 6.45) is -0.558. The summed E-state index contributed by atoms with van der Waals surface area (Å²) in [4.78, 5) is 38.9. The molecule has 1 fully saturated rings. The maximum Gasteiger partial charge on any atom is 0.338 e. The highest BCUT2D eigenvalue weighted by atomic mass is 16.5. The van der Waals surface area contributed by atoms with Crippen molar-refractivity contribution in [3.8, 4) is 0 Å². The summed E-state index contributed by atoms with van der Waals surface area (Å²) in [7, 11) is 0. The lowest BCUT2D eigenvalue weighted by molar-refractivity contribution is -0.119. The van der Waals surface area contributed by atoms with E-state index < -0.39 is 18.0 Å². The first-order chi connectivity index (χ1) is 14.3. The van der Waals surface area contributed by atoms with Gasteiger partial charge in [0.1, 0.15) is 11.8 Å². The lowest BCUT2D eigenvalue weighted by Crippen LogP contribution is -2.32. The second kappa shape index (κ2) is 9.11. The maximum absolute atomic E-state index is 13.2. The Morgan fingerprint density at radius 1 is 1.20 bits per heavy atom. The van der Waals surface area contributed by atoms with Crippen molar-refractivity contribution in [2.24, 2.45) is 11.7 Å². The monoisotopic (exact) mass is 412 g/mol. The summed E-state index contributed by atoms with van der Waals surface area (Å²) in [5.41, 5.74) is 7.16. The minimum absolute atomic E-state index is 0.0425. The van der Waals surface area contributed by atoms with Gasteiger partial charge < -0.3 is 15.4 Å². The maximum atomic E-state index is 13.2. The number of ether oxygens (including phenoxy) is 1. The number of esters is 1. The molecule has 0 unspecified atom stereocenters. The zero-order chi connectivity index (χ0) is 21.8. The number of amides is 2. The molecule has 0 spiro atoms. The van der Waals surface area contributed by atoms with Crippen LogP contribution in [0.3, 0.4) is 0 Å². The van der Waals surface area contributed by atoms with Gasteiger partial charge in [-0.2, -0.15) is 5.10 Å². The fourth-order valence-electron chi connectivity index (χ4n) is 3.67. The minimum Gasteiger partial charge on any atom is -0.457 e. The number of rotatable bonds is 7. The van der Waals surface area contributed by atoms with Gasteiger partial charge in [-0.1, -0.05) is 32.0 Å². The zero-order valence-electron chi connectivity index (χ0n) is 17.6. The number of primary amides is 1. The van der Waals surface area contributed by atoms with Gasteiger partial charge in [0, 0.05) is 25.4 Å². The van der Waals surface area contributed by atoms with Gasteiger partial charge in [0.05, 0.1) is 17.8 Å². The smallest absolute Gasteiger partial charge is 0.338 e. The van der Waals surface area contributed by atoms with Crippen LogP contribution in [0.25, 0.3) is 0 Å². The molecule has 1 aliphatic heterocycles. The Morgan fingerprint density at radius 2 is 1.90 bits per heavy atom. The standard InChI is InChI=1S/C22H28N4O4/c1-4-26-18(11-17(24-26)14(2)3)21(28)25-12-16(10-20(23)27)19(13-25)30-22(29)15-8-6-5-7-9-15/h5-9,11,14,16,19H,4,10,12-13H2,1-3H3,(H2,23,27)/t16-,19+/m0/s1. The van der Waals surface area contributed by atoms with E-state index in [1.165, 1.54) is 0 Å². The molecule has 1 aromatic carbocycles. The Hall–Kier alpha value is -3.16. The topological polar surface area (TPSA) is 108 Å². The van der Waals surface area contributed by atoms with Crippen LogP contribution >= 0.6 is 0 Å². The molecule has 30 heavy (non-hydrogen) atoms. The molecule has 0 aliphatic carbocycles. The number of nitrogens with zero attached hydrogens (tertiary/aromatic N) is 3. The molecule has 8 nitrogen and oxygen atoms in total. The van der Waals surface area contributed by atoms with Gasteiger partial charge in [0.25, 0.3) is 5.91 Å². The van der Waals surface area contributed by atoms with Crippen LogP contribution in [-0.4, -0.2) is 51.7 Å². The van der Waals surface area contributed by atoms with Crippen molar-refractivity contribution in [1.29, 1.82) is 0 Å². The average Bonchev–Trinajstić information content (AvgIpc) is 3.32. The van der Waals surface area contributed by atoms with E-state index in [0.717, 1.165) is 5.69 Å². The van der Waals surface area contributed by atoms with Crippen LogP contribution in [0.4, 0.5) is 0 Å². The SMILES string of the molecule is CCn1nc(C(C)C)cc1C(=O)N1C[C@H](CC(N)=O)[C@H](OC(=O)c2ccccc2)C1. The third-order valence-corrected chi connectivity index (χ3v) is 5.31. The molecule has 2 amide bonds. The van der Waals surface area contributed by atoms with Gasteiger partial charge in [-0.3, -0.25) is 14.3 Å². The van der Waals surface area contributed by atoms with E-state index in [1.807, 2.05) is 32.9 Å². The van der Waals surface area contributed by atoms with Crippen molar-refractivity contribution in [2.45, 2.75) is 45.8 Å². The van der Waals surface area contributed by atoms with E-state index in [0.29, 0.717) is 24.3 Å². The number of aryl methyl sites for hydroxylation is 1. The lowest BCUT2D eigenvalue weighted by atomic mass is 10.0. The largest absolute Gasteiger partial charge is 0.457 e. The molecule has 8 heteroatoms. The number of carbonyl (C=O) groups excluding carboxylic acids is 3. The molecule has 2 N–H and O–H groups in total. The first-order valence-electron chi connectivity index (χ1n) is 10.2.